The van der Waals surface area contributed by atoms with E-state index < -0.39 is 0 Å². The van der Waals surface area contributed by atoms with E-state index >= 15 is 0 Å². The first-order chi connectivity index (χ1) is 15.6. The standard InChI is InChI=1S/C22H27N7O2S/c1-29(2)12-15-9-25-19(11-24-15)28-21-26-10-18(32-21)17-5-8-23-20(27-17)31-16-3-6-22(7-4-16)13-30-14-22/h5,8-11,16H,3-4,6-7,12-14H2,1-2H3,(H,25,26,28). The Kier molecular flexibility index (Phi) is 5.99. The van der Waals surface area contributed by atoms with Crippen molar-refractivity contribution in [2.45, 2.75) is 38.3 Å². The van der Waals surface area contributed by atoms with Crippen molar-refractivity contribution in [1.29, 1.82) is 0 Å². The van der Waals surface area contributed by atoms with E-state index in [2.05, 4.69) is 35.1 Å². The van der Waals surface area contributed by atoms with Gasteiger partial charge < -0.3 is 19.7 Å². The van der Waals surface area contributed by atoms with Crippen LogP contribution in [0.2, 0.25) is 0 Å². The Morgan fingerprint density at radius 3 is 2.66 bits per heavy atom. The minimum absolute atomic E-state index is 0.171. The fourth-order valence-corrected chi connectivity index (χ4v) is 4.86. The first kappa shape index (κ1) is 21.2. The number of anilines is 2. The first-order valence-electron chi connectivity index (χ1n) is 10.8. The molecule has 0 unspecified atom stereocenters. The molecule has 5 rings (SSSR count). The smallest absolute Gasteiger partial charge is 0.317 e. The van der Waals surface area contributed by atoms with Crippen LogP contribution in [0.15, 0.2) is 30.9 Å². The van der Waals surface area contributed by atoms with E-state index in [4.69, 9.17) is 9.47 Å². The number of aromatic nitrogens is 5. The molecule has 0 aromatic carbocycles. The summed E-state index contributed by atoms with van der Waals surface area (Å²) in [6, 6.07) is 2.31. The van der Waals surface area contributed by atoms with Crippen molar-refractivity contribution in [2.75, 3.05) is 32.6 Å². The van der Waals surface area contributed by atoms with Crippen molar-refractivity contribution in [3.8, 4) is 16.6 Å². The molecule has 2 aliphatic rings. The highest BCUT2D eigenvalue weighted by Gasteiger charge is 2.42. The second-order valence-corrected chi connectivity index (χ2v) is 9.85. The van der Waals surface area contributed by atoms with Crippen molar-refractivity contribution < 1.29 is 9.47 Å². The summed E-state index contributed by atoms with van der Waals surface area (Å²) in [6.07, 6.45) is 11.6. The average molecular weight is 454 g/mol. The van der Waals surface area contributed by atoms with E-state index in [9.17, 15) is 0 Å². The molecule has 0 amide bonds. The van der Waals surface area contributed by atoms with Gasteiger partial charge in [0.1, 0.15) is 6.10 Å². The topological polar surface area (TPSA) is 98.2 Å². The molecule has 168 valence electrons. The van der Waals surface area contributed by atoms with E-state index in [1.807, 2.05) is 20.2 Å². The zero-order chi connectivity index (χ0) is 22.0. The predicted molar refractivity (Wildman–Crippen MR) is 122 cm³/mol. The van der Waals surface area contributed by atoms with Crippen molar-refractivity contribution in [3.05, 3.63) is 36.5 Å². The molecule has 1 saturated carbocycles. The molecule has 2 fully saturated rings. The number of rotatable bonds is 7. The predicted octanol–water partition coefficient (Wildman–Crippen LogP) is 3.53. The van der Waals surface area contributed by atoms with Crippen molar-refractivity contribution >= 4 is 22.3 Å². The second kappa shape index (κ2) is 9.05. The summed E-state index contributed by atoms with van der Waals surface area (Å²) >= 11 is 1.50. The van der Waals surface area contributed by atoms with Crippen molar-refractivity contribution in [3.63, 3.8) is 0 Å². The van der Waals surface area contributed by atoms with Gasteiger partial charge >= 0.3 is 6.01 Å². The molecule has 0 radical (unpaired) electrons. The maximum absolute atomic E-state index is 6.10. The summed E-state index contributed by atoms with van der Waals surface area (Å²) in [5.74, 6) is 0.659. The Balaban J connectivity index is 1.20. The summed E-state index contributed by atoms with van der Waals surface area (Å²) < 4.78 is 11.5. The Labute approximate surface area is 191 Å². The Morgan fingerprint density at radius 1 is 1.12 bits per heavy atom. The summed E-state index contributed by atoms with van der Waals surface area (Å²) in [7, 11) is 4.01. The van der Waals surface area contributed by atoms with Gasteiger partial charge in [0.15, 0.2) is 10.9 Å². The van der Waals surface area contributed by atoms with E-state index in [1.165, 1.54) is 11.3 Å². The fourth-order valence-electron chi connectivity index (χ4n) is 4.07. The number of nitrogens with zero attached hydrogens (tertiary/aromatic N) is 6. The molecule has 0 atom stereocenters. The molecule has 1 aliphatic carbocycles. The van der Waals surface area contributed by atoms with Crippen LogP contribution in [0.25, 0.3) is 10.6 Å². The number of ether oxygens (including phenoxy) is 2. The summed E-state index contributed by atoms with van der Waals surface area (Å²) in [5, 5.41) is 3.94. The summed E-state index contributed by atoms with van der Waals surface area (Å²) in [4.78, 5) is 25.2. The van der Waals surface area contributed by atoms with Gasteiger partial charge in [-0.3, -0.25) is 4.98 Å². The quantitative estimate of drug-likeness (QED) is 0.576. The van der Waals surface area contributed by atoms with Crippen LogP contribution in [-0.2, 0) is 11.3 Å². The Bertz CT molecular complexity index is 1040. The van der Waals surface area contributed by atoms with Gasteiger partial charge in [0, 0.05) is 24.4 Å². The summed E-state index contributed by atoms with van der Waals surface area (Å²) in [5.41, 5.74) is 2.13. The fraction of sp³-hybridized carbons (Fsp3) is 0.500. The molecule has 1 saturated heterocycles. The number of thiazole rings is 1. The van der Waals surface area contributed by atoms with Crippen LogP contribution in [0, 0.1) is 5.41 Å². The molecule has 9 nitrogen and oxygen atoms in total. The Hall–Kier alpha value is -2.69. The highest BCUT2D eigenvalue weighted by atomic mass is 32.1. The third-order valence-electron chi connectivity index (χ3n) is 5.89. The van der Waals surface area contributed by atoms with Crippen LogP contribution in [-0.4, -0.2) is 63.2 Å². The molecular weight excluding hydrogens is 426 g/mol. The van der Waals surface area contributed by atoms with E-state index in [0.717, 1.165) is 66.8 Å². The van der Waals surface area contributed by atoms with Gasteiger partial charge in [-0.25, -0.2) is 15.0 Å². The van der Waals surface area contributed by atoms with Crippen molar-refractivity contribution in [1.82, 2.24) is 29.8 Å². The van der Waals surface area contributed by atoms with Crippen LogP contribution >= 0.6 is 11.3 Å². The van der Waals surface area contributed by atoms with Crippen LogP contribution in [0.4, 0.5) is 10.9 Å². The summed E-state index contributed by atoms with van der Waals surface area (Å²) in [6.45, 7) is 2.56. The lowest BCUT2D eigenvalue weighted by Gasteiger charge is -2.45. The van der Waals surface area contributed by atoms with Crippen LogP contribution in [0.5, 0.6) is 6.01 Å². The molecule has 4 heterocycles. The van der Waals surface area contributed by atoms with E-state index in [-0.39, 0.29) is 6.10 Å². The maximum atomic E-state index is 6.10. The highest BCUT2D eigenvalue weighted by molar-refractivity contribution is 7.18. The third kappa shape index (κ3) is 4.87. The maximum Gasteiger partial charge on any atom is 0.317 e. The molecule has 1 aliphatic heterocycles. The first-order valence-corrected chi connectivity index (χ1v) is 11.6. The number of hydrogen-bond donors (Lipinski definition) is 1. The zero-order valence-electron chi connectivity index (χ0n) is 18.3. The number of hydrogen-bond acceptors (Lipinski definition) is 10. The molecule has 0 bridgehead atoms. The second-order valence-electron chi connectivity index (χ2n) is 8.82. The molecular formula is C22H27N7O2S. The monoisotopic (exact) mass is 453 g/mol. The third-order valence-corrected chi connectivity index (χ3v) is 6.83. The van der Waals surface area contributed by atoms with E-state index in [1.54, 1.807) is 24.8 Å². The average Bonchev–Trinajstić information content (AvgIpc) is 3.23. The molecule has 3 aromatic heterocycles. The van der Waals surface area contributed by atoms with Gasteiger partial charge in [0.2, 0.25) is 0 Å². The van der Waals surface area contributed by atoms with Crippen LogP contribution in [0.3, 0.4) is 0 Å². The largest absolute Gasteiger partial charge is 0.460 e. The molecule has 1 spiro atoms. The van der Waals surface area contributed by atoms with E-state index in [0.29, 0.717) is 17.2 Å². The van der Waals surface area contributed by atoms with Crippen LogP contribution < -0.4 is 10.1 Å². The van der Waals surface area contributed by atoms with Gasteiger partial charge in [-0.15, -0.1) is 0 Å². The van der Waals surface area contributed by atoms with Gasteiger partial charge in [-0.1, -0.05) is 11.3 Å². The van der Waals surface area contributed by atoms with Gasteiger partial charge in [0.25, 0.3) is 0 Å². The lowest BCUT2D eigenvalue weighted by atomic mass is 9.72. The SMILES string of the molecule is CN(C)Cc1cnc(Nc2ncc(-c3ccnc(OC4CCC5(CC4)COC5)n3)s2)cn1. The van der Waals surface area contributed by atoms with Gasteiger partial charge in [-0.2, -0.15) is 4.98 Å². The van der Waals surface area contributed by atoms with Crippen molar-refractivity contribution in [2.24, 2.45) is 5.41 Å². The minimum atomic E-state index is 0.171. The number of nitrogens with one attached hydrogen (secondary N) is 1. The molecule has 32 heavy (non-hydrogen) atoms. The lowest BCUT2D eigenvalue weighted by Crippen LogP contribution is -2.46. The molecule has 3 aromatic rings. The lowest BCUT2D eigenvalue weighted by molar-refractivity contribution is -0.140. The zero-order valence-corrected chi connectivity index (χ0v) is 19.1. The molecule has 10 heteroatoms. The molecule has 1 N–H and O–H groups in total. The minimum Gasteiger partial charge on any atom is -0.460 e. The normalized spacial score (nSPS) is 18.0. The van der Waals surface area contributed by atoms with Gasteiger partial charge in [-0.05, 0) is 45.8 Å². The highest BCUT2D eigenvalue weighted by Crippen LogP contribution is 2.43. The Morgan fingerprint density at radius 2 is 1.97 bits per heavy atom. The van der Waals surface area contributed by atoms with Gasteiger partial charge in [0.05, 0.1) is 41.9 Å². The van der Waals surface area contributed by atoms with Crippen LogP contribution in [0.1, 0.15) is 31.4 Å².